The van der Waals surface area contributed by atoms with E-state index in [2.05, 4.69) is 5.32 Å². The Morgan fingerprint density at radius 1 is 1.26 bits per heavy atom. The number of amides is 4. The maximum atomic E-state index is 12.0. The van der Waals surface area contributed by atoms with E-state index in [1.165, 1.54) is 0 Å². The second-order valence-corrected chi connectivity index (χ2v) is 5.01. The van der Waals surface area contributed by atoms with E-state index in [0.717, 1.165) is 10.5 Å². The van der Waals surface area contributed by atoms with Gasteiger partial charge >= 0.3 is 6.03 Å². The molecule has 1 aliphatic rings. The van der Waals surface area contributed by atoms with Crippen molar-refractivity contribution in [3.05, 3.63) is 35.4 Å². The molecule has 100 valence electrons. The van der Waals surface area contributed by atoms with Crippen molar-refractivity contribution in [2.75, 3.05) is 0 Å². The number of nitrogens with two attached hydrogens (primary N) is 1. The number of hydrogen-bond donors (Lipinski definition) is 2. The molecule has 6 nitrogen and oxygen atoms in total. The van der Waals surface area contributed by atoms with E-state index < -0.39 is 17.5 Å². The summed E-state index contributed by atoms with van der Waals surface area (Å²) >= 11 is 0. The largest absolute Gasteiger partial charge is 0.366 e. The average molecular weight is 261 g/mol. The monoisotopic (exact) mass is 261 g/mol. The topological polar surface area (TPSA) is 92.5 Å². The minimum absolute atomic E-state index is 0.174. The Morgan fingerprint density at radius 2 is 1.84 bits per heavy atom. The summed E-state index contributed by atoms with van der Waals surface area (Å²) < 4.78 is 0. The van der Waals surface area contributed by atoms with Gasteiger partial charge in [-0.1, -0.05) is 12.1 Å². The second-order valence-electron chi connectivity index (χ2n) is 5.01. The van der Waals surface area contributed by atoms with Crippen molar-refractivity contribution < 1.29 is 14.4 Å². The van der Waals surface area contributed by atoms with Gasteiger partial charge in [0.1, 0.15) is 5.54 Å². The van der Waals surface area contributed by atoms with Crippen molar-refractivity contribution in [1.29, 1.82) is 0 Å². The molecule has 3 N–H and O–H groups in total. The van der Waals surface area contributed by atoms with Gasteiger partial charge in [0.2, 0.25) is 5.91 Å². The SMILES string of the molecule is CC1(C)NC(=O)N(Cc2ccc(C(N)=O)cc2)C1=O. The number of carbonyl (C=O) groups excluding carboxylic acids is 3. The molecule has 6 heteroatoms. The van der Waals surface area contributed by atoms with Crippen LogP contribution in [0.3, 0.4) is 0 Å². The standard InChI is InChI=1S/C13H15N3O3/c1-13(2)11(18)16(12(19)15-13)7-8-3-5-9(6-4-8)10(14)17/h3-6H,7H2,1-2H3,(H2,14,17)(H,15,19). The first-order chi connectivity index (χ1) is 8.81. The highest BCUT2D eigenvalue weighted by Gasteiger charge is 2.43. The normalized spacial score (nSPS) is 17.5. The number of imide groups is 1. The third kappa shape index (κ3) is 2.42. The number of rotatable bonds is 3. The van der Waals surface area contributed by atoms with Gasteiger partial charge in [-0.25, -0.2) is 4.79 Å². The fourth-order valence-electron chi connectivity index (χ4n) is 1.92. The Labute approximate surface area is 110 Å². The van der Waals surface area contributed by atoms with E-state index in [4.69, 9.17) is 5.73 Å². The zero-order valence-electron chi connectivity index (χ0n) is 10.8. The number of nitrogens with one attached hydrogen (secondary N) is 1. The lowest BCUT2D eigenvalue weighted by Gasteiger charge is -2.16. The predicted octanol–water partition coefficient (Wildman–Crippen LogP) is 0.616. The van der Waals surface area contributed by atoms with E-state index in [9.17, 15) is 14.4 Å². The van der Waals surface area contributed by atoms with Crippen LogP contribution in [0.4, 0.5) is 4.79 Å². The highest BCUT2D eigenvalue weighted by molar-refractivity contribution is 6.06. The van der Waals surface area contributed by atoms with Gasteiger partial charge in [-0.05, 0) is 31.5 Å². The molecule has 19 heavy (non-hydrogen) atoms. The Kier molecular flexibility index (Phi) is 3.01. The molecule has 1 saturated heterocycles. The molecule has 0 spiro atoms. The maximum Gasteiger partial charge on any atom is 0.325 e. The first kappa shape index (κ1) is 13.1. The molecular formula is C13H15N3O3. The van der Waals surface area contributed by atoms with Crippen LogP contribution in [-0.4, -0.2) is 28.3 Å². The van der Waals surface area contributed by atoms with Gasteiger partial charge in [0.15, 0.2) is 0 Å². The molecule has 0 radical (unpaired) electrons. The molecule has 1 aromatic carbocycles. The van der Waals surface area contributed by atoms with Crippen molar-refractivity contribution in [2.24, 2.45) is 5.73 Å². The van der Waals surface area contributed by atoms with Gasteiger partial charge in [0.25, 0.3) is 5.91 Å². The van der Waals surface area contributed by atoms with E-state index in [1.807, 2.05) is 0 Å². The summed E-state index contributed by atoms with van der Waals surface area (Å²) in [6, 6.07) is 6.08. The number of urea groups is 1. The number of primary amides is 1. The first-order valence-corrected chi connectivity index (χ1v) is 5.84. The van der Waals surface area contributed by atoms with Crippen molar-refractivity contribution in [3.8, 4) is 0 Å². The van der Waals surface area contributed by atoms with Gasteiger partial charge in [-0.3, -0.25) is 14.5 Å². The van der Waals surface area contributed by atoms with E-state index in [1.54, 1.807) is 38.1 Å². The number of benzene rings is 1. The maximum absolute atomic E-state index is 12.0. The molecule has 0 bridgehead atoms. The lowest BCUT2D eigenvalue weighted by atomic mass is 10.1. The van der Waals surface area contributed by atoms with Crippen LogP contribution in [0.2, 0.25) is 0 Å². The summed E-state index contributed by atoms with van der Waals surface area (Å²) in [6.45, 7) is 3.49. The van der Waals surface area contributed by atoms with Gasteiger partial charge in [-0.2, -0.15) is 0 Å². The number of hydrogen-bond acceptors (Lipinski definition) is 3. The predicted molar refractivity (Wildman–Crippen MR) is 68.1 cm³/mol. The van der Waals surface area contributed by atoms with Crippen LogP contribution in [0.1, 0.15) is 29.8 Å². The van der Waals surface area contributed by atoms with Gasteiger partial charge in [0.05, 0.1) is 6.54 Å². The molecule has 1 aliphatic heterocycles. The minimum atomic E-state index is -0.871. The molecular weight excluding hydrogens is 246 g/mol. The van der Waals surface area contributed by atoms with Crippen molar-refractivity contribution in [1.82, 2.24) is 10.2 Å². The second kappa shape index (κ2) is 4.38. The zero-order chi connectivity index (χ0) is 14.2. The van der Waals surface area contributed by atoms with Crippen LogP contribution in [0.15, 0.2) is 24.3 Å². The van der Waals surface area contributed by atoms with Crippen LogP contribution in [0, 0.1) is 0 Å². The summed E-state index contributed by atoms with van der Waals surface area (Å²) in [5.74, 6) is -0.779. The van der Waals surface area contributed by atoms with Gasteiger partial charge < -0.3 is 11.1 Å². The Balaban J connectivity index is 2.16. The molecule has 2 rings (SSSR count). The smallest absolute Gasteiger partial charge is 0.325 e. The molecule has 0 aromatic heterocycles. The number of carbonyl (C=O) groups is 3. The highest BCUT2D eigenvalue weighted by Crippen LogP contribution is 2.19. The van der Waals surface area contributed by atoms with Crippen LogP contribution >= 0.6 is 0 Å². The summed E-state index contributed by atoms with van der Waals surface area (Å²) in [4.78, 5) is 35.8. The fourth-order valence-corrected chi connectivity index (χ4v) is 1.92. The Bertz CT molecular complexity index is 549. The van der Waals surface area contributed by atoms with Crippen molar-refractivity contribution >= 4 is 17.8 Å². The Hall–Kier alpha value is -2.37. The quantitative estimate of drug-likeness (QED) is 0.781. The van der Waals surface area contributed by atoms with E-state index in [0.29, 0.717) is 5.56 Å². The van der Waals surface area contributed by atoms with E-state index in [-0.39, 0.29) is 12.5 Å². The fraction of sp³-hybridized carbons (Fsp3) is 0.308. The molecule has 1 aromatic rings. The van der Waals surface area contributed by atoms with Crippen LogP contribution in [0.25, 0.3) is 0 Å². The van der Waals surface area contributed by atoms with Gasteiger partial charge in [0, 0.05) is 5.56 Å². The molecule has 0 saturated carbocycles. The Morgan fingerprint density at radius 3 is 2.26 bits per heavy atom. The molecule has 1 heterocycles. The third-order valence-electron chi connectivity index (χ3n) is 3.02. The molecule has 0 unspecified atom stereocenters. The summed E-state index contributed by atoms with van der Waals surface area (Å²) in [7, 11) is 0. The summed E-state index contributed by atoms with van der Waals surface area (Å²) in [6.07, 6.45) is 0. The molecule has 0 aliphatic carbocycles. The van der Waals surface area contributed by atoms with E-state index >= 15 is 0 Å². The molecule has 4 amide bonds. The van der Waals surface area contributed by atoms with Crippen molar-refractivity contribution in [2.45, 2.75) is 25.9 Å². The van der Waals surface area contributed by atoms with Crippen LogP contribution < -0.4 is 11.1 Å². The third-order valence-corrected chi connectivity index (χ3v) is 3.02. The van der Waals surface area contributed by atoms with Crippen LogP contribution in [0.5, 0.6) is 0 Å². The summed E-state index contributed by atoms with van der Waals surface area (Å²) in [5, 5.41) is 2.61. The first-order valence-electron chi connectivity index (χ1n) is 5.84. The van der Waals surface area contributed by atoms with Crippen LogP contribution in [-0.2, 0) is 11.3 Å². The average Bonchev–Trinajstić information content (AvgIpc) is 2.52. The summed E-state index contributed by atoms with van der Waals surface area (Å²) in [5.41, 5.74) is 5.41. The number of nitrogens with zero attached hydrogens (tertiary/aromatic N) is 1. The minimum Gasteiger partial charge on any atom is -0.366 e. The van der Waals surface area contributed by atoms with Gasteiger partial charge in [-0.15, -0.1) is 0 Å². The lowest BCUT2D eigenvalue weighted by Crippen LogP contribution is -2.40. The lowest BCUT2D eigenvalue weighted by molar-refractivity contribution is -0.130. The highest BCUT2D eigenvalue weighted by atomic mass is 16.2. The molecule has 1 fully saturated rings. The van der Waals surface area contributed by atoms with Crippen molar-refractivity contribution in [3.63, 3.8) is 0 Å². The molecule has 0 atom stereocenters. The zero-order valence-corrected chi connectivity index (χ0v) is 10.8.